The van der Waals surface area contributed by atoms with Gasteiger partial charge in [0.1, 0.15) is 0 Å². The fourth-order valence-electron chi connectivity index (χ4n) is 3.85. The minimum Gasteiger partial charge on any atom is -0.310 e. The van der Waals surface area contributed by atoms with Crippen LogP contribution in [0.15, 0.2) is 133 Å². The van der Waals surface area contributed by atoms with E-state index in [-0.39, 0.29) is 29.9 Å². The van der Waals surface area contributed by atoms with Crippen molar-refractivity contribution in [3.8, 4) is 22.3 Å². The van der Waals surface area contributed by atoms with Crippen molar-refractivity contribution in [3.63, 3.8) is 0 Å². The van der Waals surface area contributed by atoms with Crippen molar-refractivity contribution in [2.75, 3.05) is 4.90 Å². The summed E-state index contributed by atoms with van der Waals surface area (Å²) < 4.78 is 41.9. The van der Waals surface area contributed by atoms with E-state index in [1.54, 1.807) is 4.90 Å². The minimum atomic E-state index is -0.411. The number of para-hydroxylation sites is 1. The Kier molecular flexibility index (Phi) is 4.15. The summed E-state index contributed by atoms with van der Waals surface area (Å²) in [6.07, 6.45) is 0. The van der Waals surface area contributed by atoms with Gasteiger partial charge in [0, 0.05) is 17.1 Å². The lowest BCUT2D eigenvalue weighted by Crippen LogP contribution is -2.09. The lowest BCUT2D eigenvalue weighted by molar-refractivity contribution is 1.28. The first kappa shape index (κ1) is 14.8. The second-order valence-electron chi connectivity index (χ2n) is 7.64. The van der Waals surface area contributed by atoms with Crippen molar-refractivity contribution in [3.05, 3.63) is 139 Å². The number of hydrogen-bond donors (Lipinski definition) is 0. The summed E-state index contributed by atoms with van der Waals surface area (Å²) in [6, 6.07) is 32.2. The highest BCUT2D eigenvalue weighted by molar-refractivity contribution is 5.81. The molecule has 0 saturated heterocycles. The molecule has 5 aromatic rings. The van der Waals surface area contributed by atoms with Gasteiger partial charge in [-0.15, -0.1) is 0 Å². The first-order chi connectivity index (χ1) is 17.8. The Labute approximate surface area is 197 Å². The zero-order chi connectivity index (χ0) is 26.1. The molecule has 0 aromatic heterocycles. The van der Waals surface area contributed by atoms with E-state index in [1.807, 2.05) is 104 Å². The number of anilines is 3. The number of benzene rings is 5. The molecular formula is C31H25N. The van der Waals surface area contributed by atoms with Crippen LogP contribution in [-0.2, 0) is 0 Å². The fraction of sp³-hybridized carbons (Fsp3) is 0.0323. The van der Waals surface area contributed by atoms with Crippen molar-refractivity contribution in [1.82, 2.24) is 0 Å². The average molecular weight is 417 g/mol. The third kappa shape index (κ3) is 4.19. The molecule has 0 radical (unpaired) electrons. The maximum Gasteiger partial charge on any atom is 0.0645 e. The average Bonchev–Trinajstić information content (AvgIpc) is 2.94. The van der Waals surface area contributed by atoms with Gasteiger partial charge in [-0.25, -0.2) is 0 Å². The minimum absolute atomic E-state index is 0.111. The number of nitrogens with zero attached hydrogens (tertiary/aromatic N) is 1. The Morgan fingerprint density at radius 3 is 1.84 bits per heavy atom. The lowest BCUT2D eigenvalue weighted by atomic mass is 10.0. The second kappa shape index (κ2) is 8.95. The summed E-state index contributed by atoms with van der Waals surface area (Å²) in [5.41, 5.74) is 6.76. The molecule has 0 fully saturated rings. The zero-order valence-electron chi connectivity index (χ0n) is 22.8. The molecule has 0 aliphatic rings. The normalized spacial score (nSPS) is 12.8. The van der Waals surface area contributed by atoms with E-state index >= 15 is 0 Å². The Morgan fingerprint density at radius 2 is 1.12 bits per heavy atom. The summed E-state index contributed by atoms with van der Waals surface area (Å²) in [5, 5.41) is 0. The molecule has 5 aromatic carbocycles. The first-order valence-electron chi connectivity index (χ1n) is 13.0. The van der Waals surface area contributed by atoms with Crippen LogP contribution in [0.3, 0.4) is 0 Å². The molecular weight excluding hydrogens is 386 g/mol. The van der Waals surface area contributed by atoms with Gasteiger partial charge >= 0.3 is 0 Å². The molecule has 1 nitrogen and oxygen atoms in total. The summed E-state index contributed by atoms with van der Waals surface area (Å²) >= 11 is 0. The summed E-state index contributed by atoms with van der Waals surface area (Å²) in [4.78, 5) is 1.74. The molecule has 154 valence electrons. The van der Waals surface area contributed by atoms with Gasteiger partial charge in [-0.2, -0.15) is 0 Å². The van der Waals surface area contributed by atoms with Crippen LogP contribution in [0, 0.1) is 6.92 Å². The molecule has 0 unspecified atom stereocenters. The van der Waals surface area contributed by atoms with Crippen molar-refractivity contribution < 1.29 is 6.85 Å². The van der Waals surface area contributed by atoms with E-state index in [2.05, 4.69) is 6.07 Å². The maximum absolute atomic E-state index is 8.67. The Morgan fingerprint density at radius 1 is 0.500 bits per heavy atom. The van der Waals surface area contributed by atoms with E-state index in [1.165, 1.54) is 0 Å². The Bertz CT molecular complexity index is 1550. The fourth-order valence-corrected chi connectivity index (χ4v) is 3.85. The quantitative estimate of drug-likeness (QED) is 0.277. The predicted molar refractivity (Wildman–Crippen MR) is 137 cm³/mol. The highest BCUT2D eigenvalue weighted by Crippen LogP contribution is 2.37. The van der Waals surface area contributed by atoms with Gasteiger partial charge in [0.15, 0.2) is 0 Å². The third-order valence-electron chi connectivity index (χ3n) is 5.40. The van der Waals surface area contributed by atoms with Gasteiger partial charge in [0.05, 0.1) is 6.85 Å². The largest absolute Gasteiger partial charge is 0.310 e. The van der Waals surface area contributed by atoms with E-state index in [0.717, 1.165) is 27.8 Å². The standard InChI is InChI=1S/C31H25N/c1-24-10-8-13-27(22-24)28-14-9-17-31(23-28)32(29-15-6-3-7-16-29)30-20-18-26(19-21-30)25-11-4-2-5-12-25/h2-23H,1H3/i3D,6D,7D,15D,16D. The zero-order valence-corrected chi connectivity index (χ0v) is 17.8. The molecule has 0 spiro atoms. The molecule has 0 aliphatic carbocycles. The van der Waals surface area contributed by atoms with Crippen LogP contribution in [0.25, 0.3) is 22.3 Å². The van der Waals surface area contributed by atoms with Gasteiger partial charge in [-0.05, 0) is 65.5 Å². The number of rotatable bonds is 5. The summed E-state index contributed by atoms with van der Waals surface area (Å²) in [6.45, 7) is 2.04. The maximum atomic E-state index is 8.67. The number of hydrogen-bond acceptors (Lipinski definition) is 1. The molecule has 1 heteroatoms. The summed E-state index contributed by atoms with van der Waals surface area (Å²) in [7, 11) is 0. The smallest absolute Gasteiger partial charge is 0.0645 e. The highest BCUT2D eigenvalue weighted by atomic mass is 15.1. The molecule has 0 amide bonds. The van der Waals surface area contributed by atoms with Gasteiger partial charge < -0.3 is 4.90 Å². The lowest BCUT2D eigenvalue weighted by Gasteiger charge is -2.26. The molecule has 0 bridgehead atoms. The van der Waals surface area contributed by atoms with Crippen molar-refractivity contribution in [2.24, 2.45) is 0 Å². The van der Waals surface area contributed by atoms with Crippen LogP contribution in [0.1, 0.15) is 12.4 Å². The Hall–Kier alpha value is -4.10. The number of aryl methyl sites for hydroxylation is 1. The van der Waals surface area contributed by atoms with Crippen molar-refractivity contribution in [2.45, 2.75) is 6.92 Å². The third-order valence-corrected chi connectivity index (χ3v) is 5.40. The van der Waals surface area contributed by atoms with Gasteiger partial charge in [-0.1, -0.05) is 103 Å². The molecule has 0 aliphatic heterocycles. The second-order valence-corrected chi connectivity index (χ2v) is 7.64. The predicted octanol–water partition coefficient (Wildman–Crippen LogP) is 8.80. The topological polar surface area (TPSA) is 3.24 Å². The van der Waals surface area contributed by atoms with E-state index in [0.29, 0.717) is 11.4 Å². The van der Waals surface area contributed by atoms with E-state index < -0.39 is 6.04 Å². The summed E-state index contributed by atoms with van der Waals surface area (Å²) in [5.74, 6) is 0. The van der Waals surface area contributed by atoms with E-state index in [9.17, 15) is 0 Å². The van der Waals surface area contributed by atoms with Crippen LogP contribution in [0.4, 0.5) is 17.1 Å². The van der Waals surface area contributed by atoms with Crippen molar-refractivity contribution >= 4 is 17.1 Å². The van der Waals surface area contributed by atoms with Crippen LogP contribution in [0.2, 0.25) is 0 Å². The van der Waals surface area contributed by atoms with Crippen molar-refractivity contribution in [1.29, 1.82) is 0 Å². The molecule has 0 atom stereocenters. The van der Waals surface area contributed by atoms with Crippen LogP contribution in [0.5, 0.6) is 0 Å². The van der Waals surface area contributed by atoms with Crippen LogP contribution in [-0.4, -0.2) is 0 Å². The molecule has 32 heavy (non-hydrogen) atoms. The van der Waals surface area contributed by atoms with Gasteiger partial charge in [0.2, 0.25) is 0 Å². The molecule has 0 saturated carbocycles. The first-order valence-corrected chi connectivity index (χ1v) is 10.5. The van der Waals surface area contributed by atoms with Gasteiger partial charge in [0.25, 0.3) is 0 Å². The molecule has 0 heterocycles. The molecule has 5 rings (SSSR count). The van der Waals surface area contributed by atoms with E-state index in [4.69, 9.17) is 6.85 Å². The van der Waals surface area contributed by atoms with Crippen LogP contribution >= 0.6 is 0 Å². The van der Waals surface area contributed by atoms with Gasteiger partial charge in [-0.3, -0.25) is 0 Å². The SMILES string of the molecule is [2H]c1c([2H])c([2H])c(N(c2ccc(-c3ccccc3)cc2)c2cccc(-c3cccc(C)c3)c2)c([2H])c1[2H]. The molecule has 0 N–H and O–H groups in total. The highest BCUT2D eigenvalue weighted by Gasteiger charge is 2.13. The van der Waals surface area contributed by atoms with Crippen LogP contribution < -0.4 is 4.90 Å². The monoisotopic (exact) mass is 416 g/mol. The Balaban J connectivity index is 1.71.